The van der Waals surface area contributed by atoms with Crippen LogP contribution in [0.3, 0.4) is 0 Å². The van der Waals surface area contributed by atoms with Crippen molar-refractivity contribution in [3.8, 4) is 10.6 Å². The molecule has 1 N–H and O–H groups in total. The SMILES string of the molecule is Cc1csc(NC(=O)c2ccc(-c3cccs3)nc2C)n1. The van der Waals surface area contributed by atoms with E-state index in [4.69, 9.17) is 0 Å². The third kappa shape index (κ3) is 3.01. The number of aryl methyl sites for hydroxylation is 2. The van der Waals surface area contributed by atoms with Gasteiger partial charge in [0.05, 0.1) is 27.5 Å². The number of nitrogens with one attached hydrogen (secondary N) is 1. The van der Waals surface area contributed by atoms with Crippen LogP contribution in [0, 0.1) is 13.8 Å². The van der Waals surface area contributed by atoms with Crippen LogP contribution in [-0.2, 0) is 0 Å². The predicted molar refractivity (Wildman–Crippen MR) is 87.1 cm³/mol. The molecule has 3 rings (SSSR count). The molecule has 0 atom stereocenters. The lowest BCUT2D eigenvalue weighted by atomic mass is 10.1. The Morgan fingerprint density at radius 3 is 2.62 bits per heavy atom. The lowest BCUT2D eigenvalue weighted by Crippen LogP contribution is -2.14. The molecule has 0 aromatic carbocycles. The van der Waals surface area contributed by atoms with Crippen molar-refractivity contribution in [1.29, 1.82) is 0 Å². The summed E-state index contributed by atoms with van der Waals surface area (Å²) in [6.45, 7) is 3.74. The fourth-order valence-corrected chi connectivity index (χ4v) is 3.32. The second-order valence-electron chi connectivity index (χ2n) is 4.55. The Labute approximate surface area is 130 Å². The smallest absolute Gasteiger partial charge is 0.259 e. The van der Waals surface area contributed by atoms with Gasteiger partial charge in [0.25, 0.3) is 5.91 Å². The minimum absolute atomic E-state index is 0.174. The number of hydrogen-bond acceptors (Lipinski definition) is 5. The molecule has 0 aliphatic heterocycles. The average molecular weight is 315 g/mol. The first-order valence-corrected chi connectivity index (χ1v) is 8.14. The van der Waals surface area contributed by atoms with E-state index in [0.717, 1.165) is 16.3 Å². The number of carbonyl (C=O) groups excluding carboxylic acids is 1. The molecule has 3 aromatic rings. The second kappa shape index (κ2) is 5.75. The fourth-order valence-electron chi connectivity index (χ4n) is 1.94. The van der Waals surface area contributed by atoms with E-state index < -0.39 is 0 Å². The molecular formula is C15H13N3OS2. The van der Waals surface area contributed by atoms with Crippen molar-refractivity contribution in [3.63, 3.8) is 0 Å². The number of nitrogens with zero attached hydrogens (tertiary/aromatic N) is 2. The molecule has 0 fully saturated rings. The van der Waals surface area contributed by atoms with E-state index in [2.05, 4.69) is 15.3 Å². The summed E-state index contributed by atoms with van der Waals surface area (Å²) in [6.07, 6.45) is 0. The van der Waals surface area contributed by atoms with E-state index in [1.165, 1.54) is 11.3 Å². The molecule has 0 aliphatic rings. The number of aromatic nitrogens is 2. The summed E-state index contributed by atoms with van der Waals surface area (Å²) in [4.78, 5) is 22.1. The summed E-state index contributed by atoms with van der Waals surface area (Å²) in [7, 11) is 0. The maximum atomic E-state index is 12.3. The highest BCUT2D eigenvalue weighted by molar-refractivity contribution is 7.14. The van der Waals surface area contributed by atoms with Crippen molar-refractivity contribution < 1.29 is 4.79 Å². The third-order valence-electron chi connectivity index (χ3n) is 2.94. The van der Waals surface area contributed by atoms with Crippen molar-refractivity contribution in [2.24, 2.45) is 0 Å². The molecule has 0 saturated carbocycles. The summed E-state index contributed by atoms with van der Waals surface area (Å²) >= 11 is 3.05. The Kier molecular flexibility index (Phi) is 3.81. The molecule has 0 radical (unpaired) electrons. The molecule has 0 unspecified atom stereocenters. The van der Waals surface area contributed by atoms with Gasteiger partial charge in [0.15, 0.2) is 5.13 Å². The molecule has 6 heteroatoms. The van der Waals surface area contributed by atoms with Gasteiger partial charge in [-0.1, -0.05) is 6.07 Å². The molecule has 3 aromatic heterocycles. The average Bonchev–Trinajstić information content (AvgIpc) is 3.10. The normalized spacial score (nSPS) is 10.6. The van der Waals surface area contributed by atoms with Gasteiger partial charge in [-0.25, -0.2) is 4.98 Å². The van der Waals surface area contributed by atoms with Crippen molar-refractivity contribution >= 4 is 33.7 Å². The first-order chi connectivity index (χ1) is 10.1. The van der Waals surface area contributed by atoms with Crippen LogP contribution in [0.1, 0.15) is 21.7 Å². The maximum Gasteiger partial charge on any atom is 0.259 e. The van der Waals surface area contributed by atoms with Gasteiger partial charge in [-0.2, -0.15) is 0 Å². The van der Waals surface area contributed by atoms with Gasteiger partial charge in [-0.3, -0.25) is 15.1 Å². The first-order valence-electron chi connectivity index (χ1n) is 6.38. The number of rotatable bonds is 3. The maximum absolute atomic E-state index is 12.3. The molecule has 106 valence electrons. The summed E-state index contributed by atoms with van der Waals surface area (Å²) in [6, 6.07) is 7.70. The Bertz CT molecular complexity index is 778. The number of amides is 1. The zero-order valence-corrected chi connectivity index (χ0v) is 13.2. The van der Waals surface area contributed by atoms with E-state index in [-0.39, 0.29) is 5.91 Å². The summed E-state index contributed by atoms with van der Waals surface area (Å²) in [5, 5.41) is 7.33. The van der Waals surface area contributed by atoms with E-state index >= 15 is 0 Å². The van der Waals surface area contributed by atoms with Crippen molar-refractivity contribution in [2.45, 2.75) is 13.8 Å². The summed E-state index contributed by atoms with van der Waals surface area (Å²) in [5.41, 5.74) is 3.08. The topological polar surface area (TPSA) is 54.9 Å². The third-order valence-corrected chi connectivity index (χ3v) is 4.71. The lowest BCUT2D eigenvalue weighted by Gasteiger charge is -2.06. The van der Waals surface area contributed by atoms with Gasteiger partial charge in [-0.15, -0.1) is 22.7 Å². The van der Waals surface area contributed by atoms with Crippen molar-refractivity contribution in [3.05, 3.63) is 52.0 Å². The zero-order chi connectivity index (χ0) is 14.8. The lowest BCUT2D eigenvalue weighted by molar-refractivity contribution is 0.102. The van der Waals surface area contributed by atoms with Gasteiger partial charge in [0, 0.05) is 5.38 Å². The molecule has 3 heterocycles. The highest BCUT2D eigenvalue weighted by Gasteiger charge is 2.13. The van der Waals surface area contributed by atoms with E-state index in [1.807, 2.05) is 48.9 Å². The van der Waals surface area contributed by atoms with Gasteiger partial charge < -0.3 is 0 Å². The highest BCUT2D eigenvalue weighted by Crippen LogP contribution is 2.24. The van der Waals surface area contributed by atoms with E-state index in [1.54, 1.807) is 11.3 Å². The van der Waals surface area contributed by atoms with Crippen LogP contribution in [0.5, 0.6) is 0 Å². The van der Waals surface area contributed by atoms with Crippen LogP contribution in [0.15, 0.2) is 35.0 Å². The minimum atomic E-state index is -0.174. The van der Waals surface area contributed by atoms with Gasteiger partial charge in [0.2, 0.25) is 0 Å². The predicted octanol–water partition coefficient (Wildman–Crippen LogP) is 4.14. The number of thiazole rings is 1. The van der Waals surface area contributed by atoms with Gasteiger partial charge >= 0.3 is 0 Å². The van der Waals surface area contributed by atoms with Crippen LogP contribution < -0.4 is 5.32 Å². The Morgan fingerprint density at radius 2 is 2.00 bits per heavy atom. The molecule has 0 saturated heterocycles. The quantitative estimate of drug-likeness (QED) is 0.790. The molecular weight excluding hydrogens is 302 g/mol. The Balaban J connectivity index is 1.84. The van der Waals surface area contributed by atoms with Crippen molar-refractivity contribution in [1.82, 2.24) is 9.97 Å². The van der Waals surface area contributed by atoms with Crippen molar-refractivity contribution in [2.75, 3.05) is 5.32 Å². The van der Waals surface area contributed by atoms with E-state index in [9.17, 15) is 4.79 Å². The molecule has 4 nitrogen and oxygen atoms in total. The molecule has 1 amide bonds. The molecule has 0 spiro atoms. The Hall–Kier alpha value is -2.05. The minimum Gasteiger partial charge on any atom is -0.298 e. The molecule has 21 heavy (non-hydrogen) atoms. The zero-order valence-electron chi connectivity index (χ0n) is 11.6. The summed E-state index contributed by atoms with van der Waals surface area (Å²) in [5.74, 6) is -0.174. The number of anilines is 1. The number of carbonyl (C=O) groups is 1. The summed E-state index contributed by atoms with van der Waals surface area (Å²) < 4.78 is 0. The Morgan fingerprint density at radius 1 is 1.14 bits per heavy atom. The van der Waals surface area contributed by atoms with E-state index in [0.29, 0.717) is 16.4 Å². The highest BCUT2D eigenvalue weighted by atomic mass is 32.1. The van der Waals surface area contributed by atoms with Gasteiger partial charge in [-0.05, 0) is 37.4 Å². The monoisotopic (exact) mass is 315 g/mol. The molecule has 0 bridgehead atoms. The standard InChI is InChI=1S/C15H13N3OS2/c1-9-8-21-15(16-9)18-14(19)11-5-6-12(17-10(11)2)13-4-3-7-20-13/h3-8H,1-2H3,(H,16,18,19). The number of thiophene rings is 1. The van der Waals surface area contributed by atoms with Crippen LogP contribution in [-0.4, -0.2) is 15.9 Å². The number of hydrogen-bond donors (Lipinski definition) is 1. The number of pyridine rings is 1. The first kappa shape index (κ1) is 13.9. The fraction of sp³-hybridized carbons (Fsp3) is 0.133. The van der Waals surface area contributed by atoms with Gasteiger partial charge in [0.1, 0.15) is 0 Å². The van der Waals surface area contributed by atoms with Crippen LogP contribution in [0.2, 0.25) is 0 Å². The second-order valence-corrected chi connectivity index (χ2v) is 6.36. The van der Waals surface area contributed by atoms with Crippen LogP contribution >= 0.6 is 22.7 Å². The largest absolute Gasteiger partial charge is 0.298 e. The van der Waals surface area contributed by atoms with Crippen LogP contribution in [0.25, 0.3) is 10.6 Å². The molecule has 0 aliphatic carbocycles. The van der Waals surface area contributed by atoms with Crippen LogP contribution in [0.4, 0.5) is 5.13 Å².